The van der Waals surface area contributed by atoms with E-state index >= 15 is 0 Å². The Morgan fingerprint density at radius 2 is 1.87 bits per heavy atom. The second-order valence-corrected chi connectivity index (χ2v) is 6.59. The predicted molar refractivity (Wildman–Crippen MR) is 85.6 cm³/mol. The van der Waals surface area contributed by atoms with E-state index in [1.165, 1.54) is 25.0 Å². The molecule has 0 bridgehead atoms. The summed E-state index contributed by atoms with van der Waals surface area (Å²) in [5.74, 6) is -0.211. The van der Waals surface area contributed by atoms with Crippen LogP contribution < -0.4 is 0 Å². The van der Waals surface area contributed by atoms with Crippen molar-refractivity contribution in [2.24, 2.45) is 0 Å². The molecule has 2 fully saturated rings. The van der Waals surface area contributed by atoms with Gasteiger partial charge in [0.15, 0.2) is 0 Å². The van der Waals surface area contributed by atoms with Gasteiger partial charge >= 0.3 is 0 Å². The van der Waals surface area contributed by atoms with Gasteiger partial charge in [0.25, 0.3) is 0 Å². The summed E-state index contributed by atoms with van der Waals surface area (Å²) in [6.07, 6.45) is 3.90. The Morgan fingerprint density at radius 3 is 2.52 bits per heavy atom. The Hall–Kier alpha value is -1.01. The zero-order chi connectivity index (χ0) is 16.1. The highest BCUT2D eigenvalue weighted by Gasteiger charge is 2.30. The number of nitrogens with zero attached hydrogens (tertiary/aromatic N) is 1. The number of aliphatic hydroxyl groups is 1. The van der Waals surface area contributed by atoms with E-state index in [1.807, 2.05) is 12.1 Å². The summed E-state index contributed by atoms with van der Waals surface area (Å²) in [4.78, 5) is 2.28. The van der Waals surface area contributed by atoms with Crippen LogP contribution in [0.25, 0.3) is 0 Å². The van der Waals surface area contributed by atoms with Gasteiger partial charge in [0.2, 0.25) is 0 Å². The highest BCUT2D eigenvalue weighted by Crippen LogP contribution is 2.28. The minimum atomic E-state index is -0.487. The molecule has 1 saturated heterocycles. The Labute approximate surface area is 137 Å². The van der Waals surface area contributed by atoms with Crippen LogP contribution >= 0.6 is 0 Å². The number of rotatable bonds is 8. The molecule has 5 heteroatoms. The lowest BCUT2D eigenvalue weighted by Gasteiger charge is -2.27. The number of ether oxygens (including phenoxy) is 2. The van der Waals surface area contributed by atoms with Gasteiger partial charge in [-0.1, -0.05) is 12.1 Å². The molecule has 0 radical (unpaired) electrons. The lowest BCUT2D eigenvalue weighted by Crippen LogP contribution is -2.37. The maximum absolute atomic E-state index is 13.0. The number of benzene rings is 1. The van der Waals surface area contributed by atoms with Crippen molar-refractivity contribution in [1.82, 2.24) is 4.90 Å². The summed E-state index contributed by atoms with van der Waals surface area (Å²) in [6, 6.07) is 7.15. The molecular formula is C18H26FNO3. The average molecular weight is 323 g/mol. The quantitative estimate of drug-likeness (QED) is 0.797. The molecule has 1 aromatic carbocycles. The molecule has 1 heterocycles. The summed E-state index contributed by atoms with van der Waals surface area (Å²) in [7, 11) is 0. The highest BCUT2D eigenvalue weighted by atomic mass is 19.1. The van der Waals surface area contributed by atoms with Crippen molar-refractivity contribution in [2.75, 3.05) is 26.4 Å². The first-order chi connectivity index (χ1) is 11.2. The second-order valence-electron chi connectivity index (χ2n) is 6.59. The average Bonchev–Trinajstić information content (AvgIpc) is 3.40. The van der Waals surface area contributed by atoms with Crippen molar-refractivity contribution in [3.05, 3.63) is 35.6 Å². The Bertz CT molecular complexity index is 472. The summed E-state index contributed by atoms with van der Waals surface area (Å²) in [5.41, 5.74) is 1.08. The number of halogens is 1. The third kappa shape index (κ3) is 5.53. The van der Waals surface area contributed by atoms with Crippen LogP contribution in [-0.2, 0) is 16.0 Å². The standard InChI is InChI=1S/C18H26FNO3/c19-15-3-1-14(2-4-15)11-20(16-5-6-16)12-17(21)13-23-18-7-9-22-10-8-18/h1-4,16-18,21H,5-13H2. The van der Waals surface area contributed by atoms with Gasteiger partial charge in [0.05, 0.1) is 18.8 Å². The van der Waals surface area contributed by atoms with E-state index in [9.17, 15) is 9.50 Å². The smallest absolute Gasteiger partial charge is 0.123 e. The molecule has 1 unspecified atom stereocenters. The highest BCUT2D eigenvalue weighted by molar-refractivity contribution is 5.16. The van der Waals surface area contributed by atoms with E-state index in [1.54, 1.807) is 0 Å². The third-order valence-corrected chi connectivity index (χ3v) is 4.50. The topological polar surface area (TPSA) is 41.9 Å². The molecule has 0 amide bonds. The summed E-state index contributed by atoms with van der Waals surface area (Å²) < 4.78 is 24.1. The Balaban J connectivity index is 1.45. The molecule has 1 saturated carbocycles. The Morgan fingerprint density at radius 1 is 1.17 bits per heavy atom. The van der Waals surface area contributed by atoms with Crippen LogP contribution in [0.15, 0.2) is 24.3 Å². The molecule has 0 spiro atoms. The van der Waals surface area contributed by atoms with Crippen LogP contribution in [0.3, 0.4) is 0 Å². The van der Waals surface area contributed by atoms with Gasteiger partial charge in [-0.3, -0.25) is 4.90 Å². The zero-order valence-electron chi connectivity index (χ0n) is 13.5. The molecule has 4 nitrogen and oxygen atoms in total. The number of hydrogen-bond donors (Lipinski definition) is 1. The van der Waals surface area contributed by atoms with Crippen molar-refractivity contribution < 1.29 is 19.0 Å². The minimum Gasteiger partial charge on any atom is -0.389 e. The monoisotopic (exact) mass is 323 g/mol. The first-order valence-electron chi connectivity index (χ1n) is 8.56. The van der Waals surface area contributed by atoms with Crippen molar-refractivity contribution in [2.45, 2.75) is 50.5 Å². The van der Waals surface area contributed by atoms with Crippen molar-refractivity contribution in [1.29, 1.82) is 0 Å². The van der Waals surface area contributed by atoms with Crippen LogP contribution in [0.2, 0.25) is 0 Å². The maximum Gasteiger partial charge on any atom is 0.123 e. The largest absolute Gasteiger partial charge is 0.389 e. The lowest BCUT2D eigenvalue weighted by molar-refractivity contribution is -0.0649. The van der Waals surface area contributed by atoms with Gasteiger partial charge in [-0.05, 0) is 43.4 Å². The molecule has 1 aliphatic heterocycles. The van der Waals surface area contributed by atoms with Crippen molar-refractivity contribution in [3.63, 3.8) is 0 Å². The van der Waals surface area contributed by atoms with Gasteiger partial charge in [-0.25, -0.2) is 4.39 Å². The zero-order valence-corrected chi connectivity index (χ0v) is 13.5. The van der Waals surface area contributed by atoms with E-state index in [-0.39, 0.29) is 11.9 Å². The van der Waals surface area contributed by atoms with Crippen molar-refractivity contribution >= 4 is 0 Å². The molecule has 1 atom stereocenters. The molecular weight excluding hydrogens is 297 g/mol. The molecule has 1 N–H and O–H groups in total. The van der Waals surface area contributed by atoms with E-state index in [0.29, 0.717) is 19.2 Å². The number of aliphatic hydroxyl groups excluding tert-OH is 1. The summed E-state index contributed by atoms with van der Waals surface area (Å²) in [6.45, 7) is 3.22. The molecule has 23 heavy (non-hydrogen) atoms. The summed E-state index contributed by atoms with van der Waals surface area (Å²) >= 11 is 0. The predicted octanol–water partition coefficient (Wildman–Crippen LogP) is 2.35. The maximum atomic E-state index is 13.0. The van der Waals surface area contributed by atoms with Crippen LogP contribution in [0, 0.1) is 5.82 Å². The normalized spacial score (nSPS) is 20.8. The Kier molecular flexibility index (Phi) is 6.00. The fourth-order valence-corrected chi connectivity index (χ4v) is 3.02. The molecule has 2 aliphatic rings. The van der Waals surface area contributed by atoms with E-state index in [2.05, 4.69) is 4.90 Å². The first-order valence-corrected chi connectivity index (χ1v) is 8.56. The SMILES string of the molecule is OC(COC1CCOCC1)CN(Cc1ccc(F)cc1)C1CC1. The molecule has 128 valence electrons. The molecule has 3 rings (SSSR count). The van der Waals surface area contributed by atoms with E-state index < -0.39 is 6.10 Å². The van der Waals surface area contributed by atoms with Crippen LogP contribution in [0.1, 0.15) is 31.2 Å². The third-order valence-electron chi connectivity index (χ3n) is 4.50. The van der Waals surface area contributed by atoms with Crippen LogP contribution in [-0.4, -0.2) is 54.6 Å². The van der Waals surface area contributed by atoms with Crippen molar-refractivity contribution in [3.8, 4) is 0 Å². The fraction of sp³-hybridized carbons (Fsp3) is 0.667. The van der Waals surface area contributed by atoms with Crippen LogP contribution in [0.5, 0.6) is 0 Å². The molecule has 1 aromatic rings. The van der Waals surface area contributed by atoms with Gasteiger partial charge in [0.1, 0.15) is 5.82 Å². The first kappa shape index (κ1) is 16.8. The summed E-state index contributed by atoms with van der Waals surface area (Å²) in [5, 5.41) is 10.3. The van der Waals surface area contributed by atoms with Crippen LogP contribution in [0.4, 0.5) is 4.39 Å². The second kappa shape index (κ2) is 8.20. The minimum absolute atomic E-state index is 0.211. The lowest BCUT2D eigenvalue weighted by atomic mass is 10.1. The molecule has 1 aliphatic carbocycles. The molecule has 0 aromatic heterocycles. The van der Waals surface area contributed by atoms with Gasteiger partial charge in [-0.2, -0.15) is 0 Å². The van der Waals surface area contributed by atoms with Gasteiger partial charge in [-0.15, -0.1) is 0 Å². The van der Waals surface area contributed by atoms with E-state index in [0.717, 1.165) is 38.2 Å². The van der Waals surface area contributed by atoms with Gasteiger partial charge < -0.3 is 14.6 Å². The van der Waals surface area contributed by atoms with E-state index in [4.69, 9.17) is 9.47 Å². The fourth-order valence-electron chi connectivity index (χ4n) is 3.02. The number of hydrogen-bond acceptors (Lipinski definition) is 4. The van der Waals surface area contributed by atoms with Gasteiger partial charge in [0, 0.05) is 32.3 Å².